The fourth-order valence-corrected chi connectivity index (χ4v) is 3.24. The van der Waals surface area contributed by atoms with E-state index in [9.17, 15) is 19.5 Å². The maximum atomic E-state index is 12.7. The minimum Gasteiger partial charge on any atom is -0.852 e. The number of hydrogen-bond donors (Lipinski definition) is 2. The second-order valence-corrected chi connectivity index (χ2v) is 10.3. The van der Waals surface area contributed by atoms with Crippen molar-refractivity contribution in [2.45, 2.75) is 78.6 Å². The molecule has 2 N–H and O–H groups in total. The molecule has 0 aromatic rings. The van der Waals surface area contributed by atoms with Gasteiger partial charge in [-0.2, -0.15) is 0 Å². The van der Waals surface area contributed by atoms with Gasteiger partial charge in [-0.25, -0.2) is 4.79 Å². The maximum absolute atomic E-state index is 12.7. The van der Waals surface area contributed by atoms with Crippen LogP contribution in [0.1, 0.15) is 60.3 Å². The summed E-state index contributed by atoms with van der Waals surface area (Å²) in [7, 11) is 0. The Hall–Kier alpha value is -1.26. The first-order chi connectivity index (χ1) is 16.9. The van der Waals surface area contributed by atoms with Crippen LogP contribution in [0.25, 0.3) is 0 Å². The second kappa shape index (κ2) is 18.9. The van der Waals surface area contributed by atoms with Crippen LogP contribution in [-0.2, 0) is 19.1 Å². The quantitative estimate of drug-likeness (QED) is 0.162. The van der Waals surface area contributed by atoms with E-state index in [1.807, 2.05) is 45.9 Å². The van der Waals surface area contributed by atoms with Crippen molar-refractivity contribution in [3.05, 3.63) is 71.5 Å². The predicted molar refractivity (Wildman–Crippen MR) is 142 cm³/mol. The Kier molecular flexibility index (Phi) is 18.3. The Morgan fingerprint density at radius 1 is 1.19 bits per heavy atom. The van der Waals surface area contributed by atoms with Gasteiger partial charge in [-0.1, -0.05) is 80.5 Å². The molecule has 0 aliphatic carbocycles. The summed E-state index contributed by atoms with van der Waals surface area (Å²) in [6, 6.07) is -0.776. The predicted octanol–water partition coefficient (Wildman–Crippen LogP) is 1.12. The fourth-order valence-electron chi connectivity index (χ4n) is 3.15. The van der Waals surface area contributed by atoms with Gasteiger partial charge in [0.1, 0.15) is 12.1 Å². The fraction of sp³-hybridized carbons (Fsp3) is 0.464. The third-order valence-electron chi connectivity index (χ3n) is 5.18. The minimum atomic E-state index is -0.844. The number of ether oxygens (including phenoxy) is 1. The first-order valence-corrected chi connectivity index (χ1v) is 12.4. The van der Waals surface area contributed by atoms with Crippen LogP contribution in [0.15, 0.2) is 71.5 Å². The third-order valence-corrected chi connectivity index (χ3v) is 5.33. The number of esters is 1. The number of nitrogens with one attached hydrogen (secondary N) is 2. The van der Waals surface area contributed by atoms with E-state index >= 15 is 0 Å². The van der Waals surface area contributed by atoms with Crippen LogP contribution < -0.4 is 67.1 Å². The summed E-state index contributed by atoms with van der Waals surface area (Å²) in [6.45, 7) is 9.20. The van der Waals surface area contributed by atoms with Crippen molar-refractivity contribution in [1.82, 2.24) is 10.6 Å². The molecule has 37 heavy (non-hydrogen) atoms. The van der Waals surface area contributed by atoms with Gasteiger partial charge in [0.25, 0.3) is 0 Å². The summed E-state index contributed by atoms with van der Waals surface area (Å²) in [5, 5.41) is 17.8. The van der Waals surface area contributed by atoms with Crippen molar-refractivity contribution in [2.75, 3.05) is 0 Å². The van der Waals surface area contributed by atoms with Gasteiger partial charge in [-0.15, -0.1) is 6.10 Å². The largest absolute Gasteiger partial charge is 1.00 e. The normalized spacial score (nSPS) is 18.6. The zero-order valence-electron chi connectivity index (χ0n) is 22.8. The zero-order chi connectivity index (χ0) is 27.1. The Bertz CT molecular complexity index is 941. The first-order valence-electron chi connectivity index (χ1n) is 12.0. The van der Waals surface area contributed by atoms with E-state index in [2.05, 4.69) is 10.6 Å². The van der Waals surface area contributed by atoms with Crippen LogP contribution in [-0.4, -0.2) is 36.0 Å². The molecule has 198 valence electrons. The van der Waals surface area contributed by atoms with E-state index in [0.29, 0.717) is 24.3 Å². The molecule has 3 unspecified atom stereocenters. The Labute approximate surface area is 268 Å². The number of amides is 2. The molecule has 0 spiro atoms. The van der Waals surface area contributed by atoms with Crippen molar-refractivity contribution in [2.24, 2.45) is 5.41 Å². The molecule has 0 saturated heterocycles. The van der Waals surface area contributed by atoms with Crippen LogP contribution >= 0.6 is 11.6 Å². The third kappa shape index (κ3) is 17.0. The van der Waals surface area contributed by atoms with Crippen molar-refractivity contribution in [3.63, 3.8) is 0 Å². The Morgan fingerprint density at radius 2 is 1.86 bits per heavy atom. The molecule has 2 amide bonds. The summed E-state index contributed by atoms with van der Waals surface area (Å²) in [5.41, 5.74) is 0.441. The zero-order valence-corrected chi connectivity index (χ0v) is 26.6. The van der Waals surface area contributed by atoms with Gasteiger partial charge in [-0.05, 0) is 38.3 Å². The van der Waals surface area contributed by atoms with Crippen molar-refractivity contribution in [3.8, 4) is 0 Å². The SMILES string of the molecule is C/C(Cl)=C\CC([O-])C/C=C\NC(=O)C(NC(=O)\C=C/C=C\C(C)=C\CC1CC=CC(=O)O1)C(C)(C)C.[K+]. The van der Waals surface area contributed by atoms with Gasteiger partial charge < -0.3 is 20.5 Å². The molecule has 0 bridgehead atoms. The molecule has 7 nitrogen and oxygen atoms in total. The Morgan fingerprint density at radius 3 is 2.49 bits per heavy atom. The molecule has 0 aromatic heterocycles. The van der Waals surface area contributed by atoms with Gasteiger partial charge in [-0.3, -0.25) is 9.59 Å². The molecule has 0 saturated carbocycles. The number of cyclic esters (lactones) is 1. The summed E-state index contributed by atoms with van der Waals surface area (Å²) in [4.78, 5) is 36.3. The number of allylic oxidation sites excluding steroid dienone is 5. The van der Waals surface area contributed by atoms with Crippen molar-refractivity contribution >= 4 is 29.4 Å². The van der Waals surface area contributed by atoms with Gasteiger partial charge in [0.15, 0.2) is 0 Å². The summed E-state index contributed by atoms with van der Waals surface area (Å²) < 4.78 is 5.22. The monoisotopic (exact) mass is 556 g/mol. The second-order valence-electron chi connectivity index (χ2n) is 9.70. The van der Waals surface area contributed by atoms with Gasteiger partial charge in [0.2, 0.25) is 11.8 Å². The molecule has 3 atom stereocenters. The number of carbonyl (C=O) groups is 3. The average Bonchev–Trinajstić information content (AvgIpc) is 2.79. The van der Waals surface area contributed by atoms with Crippen molar-refractivity contribution in [1.29, 1.82) is 0 Å². The topological polar surface area (TPSA) is 108 Å². The van der Waals surface area contributed by atoms with Gasteiger partial charge in [0.05, 0.1) is 0 Å². The molecule has 1 aliphatic rings. The molecule has 1 rings (SSSR count). The molecular weight excluding hydrogens is 519 g/mol. The first kappa shape index (κ1) is 35.7. The number of rotatable bonds is 12. The average molecular weight is 557 g/mol. The minimum absolute atomic E-state index is 0. The summed E-state index contributed by atoms with van der Waals surface area (Å²) in [6.07, 6.45) is 17.3. The summed E-state index contributed by atoms with van der Waals surface area (Å²) >= 11 is 5.73. The van der Waals surface area contributed by atoms with Gasteiger partial charge >= 0.3 is 57.4 Å². The van der Waals surface area contributed by atoms with Crippen LogP contribution in [0, 0.1) is 5.41 Å². The Balaban J connectivity index is 0.0000130. The smallest absolute Gasteiger partial charge is 0.852 e. The molecule has 0 aromatic carbocycles. The molecule has 0 radical (unpaired) electrons. The van der Waals surface area contributed by atoms with E-state index < -0.39 is 23.5 Å². The van der Waals surface area contributed by atoms with E-state index in [0.717, 1.165) is 5.57 Å². The molecule has 1 heterocycles. The standard InChI is InChI=1S/C28H38ClN2O5.K/c1-20(15-18-23-12-8-14-25(34)36-23)10-6-7-13-24(33)31-26(28(3,4)5)27(35)30-19-9-11-22(32)17-16-21(2)29;/h6-10,13-16,19,22-23,26H,11-12,17-18H2,1-5H3,(H,30,35)(H,31,33);/q-1;+1/b10-6-,13-7-,19-9-,20-15+,21-16+;. The van der Waals surface area contributed by atoms with Crippen LogP contribution in [0.2, 0.25) is 0 Å². The van der Waals surface area contributed by atoms with Gasteiger partial charge in [0, 0.05) is 30.0 Å². The number of hydrogen-bond acceptors (Lipinski definition) is 5. The van der Waals surface area contributed by atoms with Crippen molar-refractivity contribution < 1.29 is 75.6 Å². The number of halogens is 1. The van der Waals surface area contributed by atoms with E-state index in [1.165, 1.54) is 18.4 Å². The maximum Gasteiger partial charge on any atom is 1.00 e. The van der Waals surface area contributed by atoms with E-state index in [1.54, 1.807) is 31.2 Å². The van der Waals surface area contributed by atoms with Crippen LogP contribution in [0.4, 0.5) is 0 Å². The molecular formula is C28H38ClKN2O5. The number of carbonyl (C=O) groups excluding carboxylic acids is 3. The molecule has 1 aliphatic heterocycles. The van der Waals surface area contributed by atoms with E-state index in [-0.39, 0.29) is 75.8 Å². The van der Waals surface area contributed by atoms with Crippen LogP contribution in [0.5, 0.6) is 0 Å². The molecule has 9 heteroatoms. The van der Waals surface area contributed by atoms with E-state index in [4.69, 9.17) is 16.3 Å². The van der Waals surface area contributed by atoms with Crippen LogP contribution in [0.3, 0.4) is 0 Å². The summed E-state index contributed by atoms with van der Waals surface area (Å²) in [5.74, 6) is -1.09. The molecule has 0 fully saturated rings.